The third-order valence-electron chi connectivity index (χ3n) is 8.63. The van der Waals surface area contributed by atoms with Crippen molar-refractivity contribution in [1.82, 2.24) is 24.0 Å². The van der Waals surface area contributed by atoms with Crippen molar-refractivity contribution in [3.8, 4) is 0 Å². The first kappa shape index (κ1) is 34.5. The van der Waals surface area contributed by atoms with Crippen LogP contribution in [0.4, 0.5) is 4.39 Å². The number of esters is 3. The number of rotatable bonds is 10. The maximum absolute atomic E-state index is 14.1. The number of aromatic nitrogens is 4. The quantitative estimate of drug-likeness (QED) is 0.192. The maximum Gasteiger partial charge on any atom is 0.333 e. The van der Waals surface area contributed by atoms with Crippen LogP contribution in [0.5, 0.6) is 0 Å². The molecule has 5 heterocycles. The van der Waals surface area contributed by atoms with Gasteiger partial charge in [0.2, 0.25) is 0 Å². The molecule has 262 valence electrons. The SMILES string of the molecule is CC(=O)OC[C@H]1O[C@@H](n2ccc(=O)n(C/C=C(/CN3CCc4[nH]c5ccc(F)cc5c4C3)c3ccccn3)c2=O)[C@H](OC(C)=O)[C@@H]1OC(C)=O. The molecule has 1 saturated heterocycles. The van der Waals surface area contributed by atoms with Crippen molar-refractivity contribution in [2.75, 3.05) is 19.7 Å². The molecule has 0 amide bonds. The molecule has 4 aromatic rings. The zero-order chi connectivity index (χ0) is 35.5. The summed E-state index contributed by atoms with van der Waals surface area (Å²) >= 11 is 0. The van der Waals surface area contributed by atoms with Crippen LogP contribution in [0.1, 0.15) is 44.0 Å². The van der Waals surface area contributed by atoms with Crippen molar-refractivity contribution in [2.24, 2.45) is 0 Å². The lowest BCUT2D eigenvalue weighted by molar-refractivity contribution is -0.166. The van der Waals surface area contributed by atoms with Gasteiger partial charge in [0.1, 0.15) is 18.5 Å². The van der Waals surface area contributed by atoms with Crippen LogP contribution in [-0.4, -0.2) is 79.9 Å². The number of allylic oxidation sites excluding steroid dienone is 1. The van der Waals surface area contributed by atoms with Gasteiger partial charge in [-0.05, 0) is 41.5 Å². The Morgan fingerprint density at radius 1 is 1.04 bits per heavy atom. The van der Waals surface area contributed by atoms with E-state index < -0.39 is 53.7 Å². The van der Waals surface area contributed by atoms with Crippen LogP contribution < -0.4 is 11.2 Å². The van der Waals surface area contributed by atoms with Crippen LogP contribution in [0, 0.1) is 5.82 Å². The molecule has 1 N–H and O–H groups in total. The predicted molar refractivity (Wildman–Crippen MR) is 176 cm³/mol. The summed E-state index contributed by atoms with van der Waals surface area (Å²) in [6.45, 7) is 4.69. The first-order chi connectivity index (χ1) is 24.0. The molecule has 2 aliphatic heterocycles. The third-order valence-corrected chi connectivity index (χ3v) is 8.63. The smallest absolute Gasteiger partial charge is 0.333 e. The Morgan fingerprint density at radius 2 is 1.82 bits per heavy atom. The molecule has 50 heavy (non-hydrogen) atoms. The van der Waals surface area contributed by atoms with Crippen molar-refractivity contribution < 1.29 is 37.7 Å². The van der Waals surface area contributed by atoms with Gasteiger partial charge in [-0.25, -0.2) is 9.18 Å². The fraction of sp³-hybridized carbons (Fsp3) is 0.371. The van der Waals surface area contributed by atoms with Gasteiger partial charge >= 0.3 is 23.6 Å². The topological polar surface area (TPSA) is 164 Å². The van der Waals surface area contributed by atoms with Gasteiger partial charge in [-0.1, -0.05) is 12.1 Å². The fourth-order valence-electron chi connectivity index (χ4n) is 6.43. The highest BCUT2D eigenvalue weighted by Gasteiger charge is 2.51. The molecule has 0 aliphatic carbocycles. The molecule has 14 nitrogen and oxygen atoms in total. The van der Waals surface area contributed by atoms with Gasteiger partial charge in [0.15, 0.2) is 18.4 Å². The van der Waals surface area contributed by atoms with Gasteiger partial charge in [0.05, 0.1) is 5.69 Å². The number of ether oxygens (including phenoxy) is 4. The summed E-state index contributed by atoms with van der Waals surface area (Å²) < 4.78 is 38.2. The molecule has 0 unspecified atom stereocenters. The second-order valence-corrected chi connectivity index (χ2v) is 12.1. The summed E-state index contributed by atoms with van der Waals surface area (Å²) in [4.78, 5) is 72.8. The first-order valence-corrected chi connectivity index (χ1v) is 16.1. The average molecular weight is 690 g/mol. The largest absolute Gasteiger partial charge is 0.463 e. The van der Waals surface area contributed by atoms with Crippen LogP contribution in [-0.2, 0) is 52.8 Å². The molecule has 0 saturated carbocycles. The van der Waals surface area contributed by atoms with Gasteiger partial charge in [-0.3, -0.25) is 38.2 Å². The molecule has 2 aliphatic rings. The second kappa shape index (κ2) is 14.6. The Labute approximate surface area is 285 Å². The van der Waals surface area contributed by atoms with E-state index >= 15 is 0 Å². The number of aromatic amines is 1. The standard InChI is InChI=1S/C35H36FN5O9/c1-20(42)47-19-30-32(48-21(2)43)33(49-22(3)44)34(50-30)41-15-11-31(45)40(35(41)46)14-9-23(27-6-4-5-12-37-27)17-39-13-10-29-26(18-39)25-16-24(36)7-8-28(25)38-29/h4-9,11-12,15-16,30,32-34,38H,10,13-14,17-19H2,1-3H3/b23-9-/t30-,32-,33-,34-/m1/s1. The number of halogens is 1. The van der Waals surface area contributed by atoms with Gasteiger partial charge in [-0.2, -0.15) is 0 Å². The van der Waals surface area contributed by atoms with Crippen molar-refractivity contribution in [1.29, 1.82) is 0 Å². The summed E-state index contributed by atoms with van der Waals surface area (Å²) in [5.41, 5.74) is 2.99. The fourth-order valence-corrected chi connectivity index (χ4v) is 6.43. The molecule has 1 aromatic carbocycles. The Morgan fingerprint density at radius 3 is 2.54 bits per heavy atom. The van der Waals surface area contributed by atoms with Crippen molar-refractivity contribution in [3.63, 3.8) is 0 Å². The third kappa shape index (κ3) is 7.43. The van der Waals surface area contributed by atoms with Crippen molar-refractivity contribution in [2.45, 2.75) is 64.8 Å². The van der Waals surface area contributed by atoms with Gasteiger partial charge in [0.25, 0.3) is 5.56 Å². The molecule has 4 atom stereocenters. The molecule has 6 rings (SSSR count). The molecule has 15 heteroatoms. The minimum absolute atomic E-state index is 0.142. The zero-order valence-electron chi connectivity index (χ0n) is 27.7. The van der Waals surface area contributed by atoms with E-state index in [1.807, 2.05) is 12.1 Å². The van der Waals surface area contributed by atoms with Gasteiger partial charge in [0, 0.05) is 88.4 Å². The van der Waals surface area contributed by atoms with E-state index in [4.69, 9.17) is 18.9 Å². The summed E-state index contributed by atoms with van der Waals surface area (Å²) in [6, 6.07) is 11.3. The maximum atomic E-state index is 14.1. The van der Waals surface area contributed by atoms with Gasteiger partial charge < -0.3 is 23.9 Å². The van der Waals surface area contributed by atoms with E-state index in [1.54, 1.807) is 24.4 Å². The highest BCUT2D eigenvalue weighted by molar-refractivity contribution is 5.85. The molecular weight excluding hydrogens is 653 g/mol. The van der Waals surface area contributed by atoms with Crippen molar-refractivity contribution in [3.05, 3.63) is 105 Å². The van der Waals surface area contributed by atoms with E-state index in [0.29, 0.717) is 25.3 Å². The Balaban J connectivity index is 1.31. The van der Waals surface area contributed by atoms with Crippen LogP contribution in [0.25, 0.3) is 16.5 Å². The second-order valence-electron chi connectivity index (χ2n) is 12.1. The number of nitrogens with zero attached hydrogens (tertiary/aromatic N) is 4. The number of nitrogens with one attached hydrogen (secondary N) is 1. The van der Waals surface area contributed by atoms with E-state index in [9.17, 15) is 28.4 Å². The minimum atomic E-state index is -1.33. The predicted octanol–water partition coefficient (Wildman–Crippen LogP) is 2.49. The lowest BCUT2D eigenvalue weighted by Crippen LogP contribution is -2.45. The summed E-state index contributed by atoms with van der Waals surface area (Å²) in [5.74, 6) is -2.38. The number of pyridine rings is 1. The van der Waals surface area contributed by atoms with Crippen LogP contribution in [0.2, 0.25) is 0 Å². The number of carbonyl (C=O) groups is 3. The summed E-state index contributed by atoms with van der Waals surface area (Å²) in [5, 5.41) is 0.830. The number of hydrogen-bond acceptors (Lipinski definition) is 11. The number of hydrogen-bond donors (Lipinski definition) is 1. The number of benzene rings is 1. The lowest BCUT2D eigenvalue weighted by Gasteiger charge is -2.28. The van der Waals surface area contributed by atoms with E-state index in [2.05, 4.69) is 14.9 Å². The minimum Gasteiger partial charge on any atom is -0.463 e. The van der Waals surface area contributed by atoms with E-state index in [0.717, 1.165) is 57.1 Å². The summed E-state index contributed by atoms with van der Waals surface area (Å²) in [7, 11) is 0. The number of H-pyrrole nitrogens is 1. The molecule has 0 radical (unpaired) electrons. The van der Waals surface area contributed by atoms with Crippen LogP contribution in [0.3, 0.4) is 0 Å². The Hall–Kier alpha value is -5.41. The van der Waals surface area contributed by atoms with E-state index in [1.165, 1.54) is 31.3 Å². The normalized spacial score (nSPS) is 20.8. The Bertz CT molecular complexity index is 2070. The molecule has 3 aromatic heterocycles. The van der Waals surface area contributed by atoms with Gasteiger partial charge in [-0.15, -0.1) is 0 Å². The Kier molecular flexibility index (Phi) is 10.1. The molecule has 0 spiro atoms. The van der Waals surface area contributed by atoms with Crippen molar-refractivity contribution >= 4 is 34.4 Å². The number of carbonyl (C=O) groups excluding carboxylic acids is 3. The molecular formula is C35H36FN5O9. The average Bonchev–Trinajstić information content (AvgIpc) is 3.59. The monoisotopic (exact) mass is 689 g/mol. The number of fused-ring (bicyclic) bond motifs is 3. The zero-order valence-corrected chi connectivity index (χ0v) is 27.7. The lowest BCUT2D eigenvalue weighted by atomic mass is 10.0. The highest BCUT2D eigenvalue weighted by Crippen LogP contribution is 2.34. The van der Waals surface area contributed by atoms with Crippen LogP contribution >= 0.6 is 0 Å². The molecule has 1 fully saturated rings. The first-order valence-electron chi connectivity index (χ1n) is 16.1. The molecule has 0 bridgehead atoms. The highest BCUT2D eigenvalue weighted by atomic mass is 19.1. The summed E-state index contributed by atoms with van der Waals surface area (Å²) in [6.07, 6.45) is 0.403. The van der Waals surface area contributed by atoms with Crippen LogP contribution in [0.15, 0.2) is 70.5 Å². The van der Waals surface area contributed by atoms with E-state index in [-0.39, 0.29) is 19.0 Å².